The van der Waals surface area contributed by atoms with Gasteiger partial charge in [0.05, 0.1) is 17.1 Å². The highest BCUT2D eigenvalue weighted by atomic mass is 79.9. The van der Waals surface area contributed by atoms with Gasteiger partial charge >= 0.3 is 0 Å². The first-order chi connectivity index (χ1) is 15.5. The van der Waals surface area contributed by atoms with Crippen molar-refractivity contribution in [2.24, 2.45) is 5.10 Å². The van der Waals surface area contributed by atoms with Crippen LogP contribution in [0.1, 0.15) is 31.2 Å². The predicted octanol–water partition coefficient (Wildman–Crippen LogP) is 7.19. The van der Waals surface area contributed by atoms with Crippen molar-refractivity contribution in [1.29, 1.82) is 0 Å². The number of rotatable bonds is 7. The second kappa shape index (κ2) is 10.5. The maximum absolute atomic E-state index is 13.3. The molecule has 3 aromatic carbocycles. The first kappa shape index (κ1) is 22.8. The molecule has 162 valence electrons. The fraction of sp³-hybridized carbons (Fsp3) is 0.160. The Bertz CT molecular complexity index is 1340. The second-order valence-electron chi connectivity index (χ2n) is 7.25. The summed E-state index contributed by atoms with van der Waals surface area (Å²) in [6.07, 6.45) is 4.38. The SMILES string of the molecule is CCCCc1nc2ccc(Br)cc2c(=O)n1N=Cc1ccccc1Sc1ccc(Cl)cc1. The van der Waals surface area contributed by atoms with E-state index in [0.29, 0.717) is 28.2 Å². The Hall–Kier alpha value is -2.41. The molecule has 4 aromatic rings. The monoisotopic (exact) mass is 525 g/mol. The van der Waals surface area contributed by atoms with Crippen molar-refractivity contribution in [2.45, 2.75) is 36.0 Å². The average Bonchev–Trinajstić information content (AvgIpc) is 2.80. The number of nitrogens with zero attached hydrogens (tertiary/aromatic N) is 3. The van der Waals surface area contributed by atoms with Gasteiger partial charge in [0.1, 0.15) is 5.82 Å². The molecule has 0 bridgehead atoms. The molecule has 1 heterocycles. The van der Waals surface area contributed by atoms with Gasteiger partial charge in [-0.2, -0.15) is 9.78 Å². The maximum atomic E-state index is 13.3. The van der Waals surface area contributed by atoms with Crippen LogP contribution in [0.3, 0.4) is 0 Å². The topological polar surface area (TPSA) is 47.2 Å². The van der Waals surface area contributed by atoms with Gasteiger partial charge in [-0.1, -0.05) is 70.8 Å². The van der Waals surface area contributed by atoms with Crippen LogP contribution in [0.25, 0.3) is 10.9 Å². The summed E-state index contributed by atoms with van der Waals surface area (Å²) >= 11 is 11.1. The third-order valence-electron chi connectivity index (χ3n) is 4.90. The molecule has 0 aliphatic heterocycles. The molecule has 0 aliphatic rings. The largest absolute Gasteiger partial charge is 0.282 e. The normalized spacial score (nSPS) is 11.5. The van der Waals surface area contributed by atoms with Crippen LogP contribution >= 0.6 is 39.3 Å². The minimum absolute atomic E-state index is 0.165. The number of aryl methyl sites for hydroxylation is 1. The summed E-state index contributed by atoms with van der Waals surface area (Å²) in [5.41, 5.74) is 1.45. The van der Waals surface area contributed by atoms with Gasteiger partial charge in [0.25, 0.3) is 5.56 Å². The zero-order chi connectivity index (χ0) is 22.5. The van der Waals surface area contributed by atoms with Gasteiger partial charge in [0.2, 0.25) is 0 Å². The van der Waals surface area contributed by atoms with Crippen molar-refractivity contribution < 1.29 is 0 Å². The minimum atomic E-state index is -0.165. The van der Waals surface area contributed by atoms with Crippen LogP contribution in [0.5, 0.6) is 0 Å². The van der Waals surface area contributed by atoms with Crippen LogP contribution in [-0.2, 0) is 6.42 Å². The second-order valence-corrected chi connectivity index (χ2v) is 9.72. The van der Waals surface area contributed by atoms with E-state index in [1.54, 1.807) is 24.0 Å². The van der Waals surface area contributed by atoms with Crippen molar-refractivity contribution in [3.8, 4) is 0 Å². The van der Waals surface area contributed by atoms with Crippen molar-refractivity contribution in [3.05, 3.63) is 98.0 Å². The smallest absolute Gasteiger partial charge is 0.267 e. The maximum Gasteiger partial charge on any atom is 0.282 e. The van der Waals surface area contributed by atoms with E-state index in [9.17, 15) is 4.79 Å². The Morgan fingerprint density at radius 2 is 1.91 bits per heavy atom. The molecule has 0 saturated heterocycles. The molecule has 0 radical (unpaired) electrons. The molecule has 4 rings (SSSR count). The summed E-state index contributed by atoms with van der Waals surface area (Å²) in [6, 6.07) is 21.3. The van der Waals surface area contributed by atoms with Crippen LogP contribution in [0.2, 0.25) is 5.02 Å². The molecule has 0 amide bonds. The zero-order valence-corrected chi connectivity index (χ0v) is 20.6. The lowest BCUT2D eigenvalue weighted by molar-refractivity contribution is 0.675. The predicted molar refractivity (Wildman–Crippen MR) is 137 cm³/mol. The molecular weight excluding hydrogens is 506 g/mol. The van der Waals surface area contributed by atoms with Crippen LogP contribution < -0.4 is 5.56 Å². The molecule has 0 unspecified atom stereocenters. The Morgan fingerprint density at radius 3 is 2.69 bits per heavy atom. The molecule has 0 fully saturated rings. The summed E-state index contributed by atoms with van der Waals surface area (Å²) in [5, 5.41) is 5.84. The Kier molecular flexibility index (Phi) is 7.45. The van der Waals surface area contributed by atoms with E-state index in [1.807, 2.05) is 60.7 Å². The molecule has 1 aromatic heterocycles. The lowest BCUT2D eigenvalue weighted by Crippen LogP contribution is -2.22. The molecule has 0 spiro atoms. The standard InChI is InChI=1S/C25H21BrClN3OS/c1-2-3-8-24-29-22-14-9-18(26)15-21(22)25(31)30(24)28-16-17-6-4-5-7-23(17)32-20-12-10-19(27)11-13-20/h4-7,9-16H,2-3,8H2,1H3. The zero-order valence-electron chi connectivity index (χ0n) is 17.5. The molecule has 0 saturated carbocycles. The highest BCUT2D eigenvalue weighted by molar-refractivity contribution is 9.10. The van der Waals surface area contributed by atoms with E-state index in [4.69, 9.17) is 16.6 Å². The lowest BCUT2D eigenvalue weighted by Gasteiger charge is -2.10. The van der Waals surface area contributed by atoms with Gasteiger partial charge in [0.15, 0.2) is 0 Å². The van der Waals surface area contributed by atoms with E-state index >= 15 is 0 Å². The summed E-state index contributed by atoms with van der Waals surface area (Å²) in [4.78, 5) is 20.1. The van der Waals surface area contributed by atoms with Crippen LogP contribution in [0.15, 0.2) is 90.9 Å². The number of fused-ring (bicyclic) bond motifs is 1. The fourth-order valence-corrected chi connectivity index (χ4v) is 4.64. The molecule has 7 heteroatoms. The van der Waals surface area contributed by atoms with E-state index in [0.717, 1.165) is 32.7 Å². The highest BCUT2D eigenvalue weighted by Gasteiger charge is 2.11. The van der Waals surface area contributed by atoms with Gasteiger partial charge in [-0.15, -0.1) is 0 Å². The van der Waals surface area contributed by atoms with E-state index in [-0.39, 0.29) is 5.56 Å². The first-order valence-electron chi connectivity index (χ1n) is 10.3. The summed E-state index contributed by atoms with van der Waals surface area (Å²) in [6.45, 7) is 2.12. The fourth-order valence-electron chi connectivity index (χ4n) is 3.24. The third kappa shape index (κ3) is 5.31. The highest BCUT2D eigenvalue weighted by Crippen LogP contribution is 2.30. The van der Waals surface area contributed by atoms with Crippen molar-refractivity contribution in [3.63, 3.8) is 0 Å². The number of hydrogen-bond donors (Lipinski definition) is 0. The molecule has 0 N–H and O–H groups in total. The van der Waals surface area contributed by atoms with Crippen LogP contribution in [0.4, 0.5) is 0 Å². The molecule has 0 aliphatic carbocycles. The third-order valence-corrected chi connectivity index (χ3v) is 6.75. The van der Waals surface area contributed by atoms with Gasteiger partial charge < -0.3 is 0 Å². The summed E-state index contributed by atoms with van der Waals surface area (Å²) in [5.74, 6) is 0.672. The van der Waals surface area contributed by atoms with Gasteiger partial charge in [-0.05, 0) is 55.0 Å². The Labute approximate surface area is 204 Å². The minimum Gasteiger partial charge on any atom is -0.267 e. The van der Waals surface area contributed by atoms with Crippen molar-refractivity contribution >= 4 is 56.4 Å². The molecule has 0 atom stereocenters. The average molecular weight is 527 g/mol. The van der Waals surface area contributed by atoms with E-state index in [1.165, 1.54) is 4.68 Å². The summed E-state index contributed by atoms with van der Waals surface area (Å²) in [7, 11) is 0. The number of aromatic nitrogens is 2. The van der Waals surface area contributed by atoms with Crippen molar-refractivity contribution in [1.82, 2.24) is 9.66 Å². The number of benzene rings is 3. The number of unbranched alkanes of at least 4 members (excludes halogenated alkanes) is 1. The molecule has 4 nitrogen and oxygen atoms in total. The van der Waals surface area contributed by atoms with E-state index in [2.05, 4.69) is 28.0 Å². The molecular formula is C25H21BrClN3OS. The van der Waals surface area contributed by atoms with Gasteiger partial charge in [0, 0.05) is 31.3 Å². The number of hydrogen-bond acceptors (Lipinski definition) is 4. The number of halogens is 2. The Morgan fingerprint density at radius 1 is 1.12 bits per heavy atom. The first-order valence-corrected chi connectivity index (χ1v) is 12.3. The van der Waals surface area contributed by atoms with E-state index < -0.39 is 0 Å². The molecule has 32 heavy (non-hydrogen) atoms. The van der Waals surface area contributed by atoms with Gasteiger partial charge in [-0.25, -0.2) is 4.98 Å². The quantitative estimate of drug-likeness (QED) is 0.239. The van der Waals surface area contributed by atoms with Crippen LogP contribution in [0, 0.1) is 0 Å². The Balaban J connectivity index is 1.74. The summed E-state index contributed by atoms with van der Waals surface area (Å²) < 4.78 is 2.28. The van der Waals surface area contributed by atoms with Crippen molar-refractivity contribution in [2.75, 3.05) is 0 Å². The lowest BCUT2D eigenvalue weighted by atomic mass is 10.2. The van der Waals surface area contributed by atoms with Gasteiger partial charge in [-0.3, -0.25) is 4.79 Å². The van der Waals surface area contributed by atoms with Crippen LogP contribution in [-0.4, -0.2) is 15.9 Å².